The molecule has 0 spiro atoms. The molecule has 0 aromatic rings. The van der Waals surface area contributed by atoms with Gasteiger partial charge in [-0.3, -0.25) is 0 Å². The van der Waals surface area contributed by atoms with Crippen LogP contribution in [0.15, 0.2) is 12.2 Å². The Labute approximate surface area is 71.5 Å². The van der Waals surface area contributed by atoms with Crippen molar-refractivity contribution in [1.82, 2.24) is 0 Å². The number of hydrogen-bond donors (Lipinski definition) is 0. The maximum Gasteiger partial charge on any atom is 0.00675 e. The standard InChI is InChI=1S/C10H16Si/c11-8-4-9-6-1-2-7(3-6)10(9)5-8/h1-2,6-10H,3-5H2,11H3. The van der Waals surface area contributed by atoms with Gasteiger partial charge < -0.3 is 0 Å². The average Bonchev–Trinajstić information content (AvgIpc) is 2.53. The Bertz CT molecular complexity index is 189. The molecule has 2 fully saturated rings. The zero-order valence-electron chi connectivity index (χ0n) is 7.16. The molecule has 60 valence electrons. The van der Waals surface area contributed by atoms with E-state index in [2.05, 4.69) is 12.2 Å². The predicted molar refractivity (Wildman–Crippen MR) is 50.6 cm³/mol. The highest BCUT2D eigenvalue weighted by Crippen LogP contribution is 2.57. The van der Waals surface area contributed by atoms with Gasteiger partial charge in [0.1, 0.15) is 0 Å². The van der Waals surface area contributed by atoms with Gasteiger partial charge in [-0.2, -0.15) is 0 Å². The van der Waals surface area contributed by atoms with Gasteiger partial charge in [-0.1, -0.05) is 17.7 Å². The zero-order chi connectivity index (χ0) is 7.42. The van der Waals surface area contributed by atoms with Crippen LogP contribution >= 0.6 is 0 Å². The monoisotopic (exact) mass is 164 g/mol. The van der Waals surface area contributed by atoms with Crippen LogP contribution in [0.3, 0.4) is 0 Å². The molecule has 0 heterocycles. The first-order chi connectivity index (χ1) is 5.34. The molecule has 3 aliphatic rings. The van der Waals surface area contributed by atoms with Gasteiger partial charge in [-0.25, -0.2) is 0 Å². The largest absolute Gasteiger partial charge is 0.0848 e. The highest BCUT2D eigenvalue weighted by atomic mass is 28.1. The Morgan fingerprint density at radius 2 is 1.45 bits per heavy atom. The second-order valence-electron chi connectivity index (χ2n) is 4.85. The zero-order valence-corrected chi connectivity index (χ0v) is 9.16. The molecule has 2 saturated carbocycles. The smallest absolute Gasteiger partial charge is 0.00675 e. The highest BCUT2D eigenvalue weighted by molar-refractivity contribution is 6.11. The highest BCUT2D eigenvalue weighted by Gasteiger charge is 2.48. The molecule has 0 aliphatic heterocycles. The molecule has 0 radical (unpaired) electrons. The Balaban J connectivity index is 1.92. The van der Waals surface area contributed by atoms with Gasteiger partial charge in [0.2, 0.25) is 0 Å². The van der Waals surface area contributed by atoms with Gasteiger partial charge in [0.25, 0.3) is 0 Å². The van der Waals surface area contributed by atoms with Crippen LogP contribution in [-0.4, -0.2) is 10.2 Å². The Hall–Kier alpha value is -0.0431. The summed E-state index contributed by atoms with van der Waals surface area (Å²) in [5.41, 5.74) is 1.16. The van der Waals surface area contributed by atoms with E-state index >= 15 is 0 Å². The molecule has 3 rings (SSSR count). The molecule has 0 aromatic heterocycles. The van der Waals surface area contributed by atoms with Crippen molar-refractivity contribution >= 4 is 10.2 Å². The van der Waals surface area contributed by atoms with Crippen LogP contribution in [0.1, 0.15) is 19.3 Å². The van der Waals surface area contributed by atoms with Gasteiger partial charge in [0.15, 0.2) is 0 Å². The Morgan fingerprint density at radius 3 is 2.00 bits per heavy atom. The lowest BCUT2D eigenvalue weighted by atomic mass is 9.86. The molecular weight excluding hydrogens is 148 g/mol. The summed E-state index contributed by atoms with van der Waals surface area (Å²) in [6.07, 6.45) is 9.70. The normalized spacial score (nSPS) is 59.1. The van der Waals surface area contributed by atoms with E-state index in [1.807, 2.05) is 0 Å². The van der Waals surface area contributed by atoms with Crippen LogP contribution < -0.4 is 0 Å². The fourth-order valence-corrected chi connectivity index (χ4v) is 4.84. The van der Waals surface area contributed by atoms with Crippen molar-refractivity contribution in [2.75, 3.05) is 0 Å². The Morgan fingerprint density at radius 1 is 0.909 bits per heavy atom. The van der Waals surface area contributed by atoms with Crippen LogP contribution in [0.25, 0.3) is 0 Å². The van der Waals surface area contributed by atoms with Gasteiger partial charge in [0, 0.05) is 10.2 Å². The SMILES string of the molecule is [SiH3]C1CC2C3C=CC(C3)C2C1. The molecule has 1 heteroatoms. The fraction of sp³-hybridized carbons (Fsp3) is 0.800. The van der Waals surface area contributed by atoms with E-state index in [1.54, 1.807) is 12.8 Å². The number of hydrogen-bond acceptors (Lipinski definition) is 0. The first-order valence-corrected chi connectivity index (χ1v) is 6.18. The lowest BCUT2D eigenvalue weighted by Gasteiger charge is -2.19. The van der Waals surface area contributed by atoms with Gasteiger partial charge in [0.05, 0.1) is 0 Å². The molecule has 3 aliphatic carbocycles. The van der Waals surface area contributed by atoms with Crippen LogP contribution in [0, 0.1) is 23.7 Å². The van der Waals surface area contributed by atoms with Gasteiger partial charge >= 0.3 is 0 Å². The lowest BCUT2D eigenvalue weighted by molar-refractivity contribution is 0.364. The lowest BCUT2D eigenvalue weighted by Crippen LogP contribution is -2.12. The molecule has 2 bridgehead atoms. The third kappa shape index (κ3) is 0.752. The average molecular weight is 164 g/mol. The molecule has 4 atom stereocenters. The molecule has 0 aromatic carbocycles. The number of rotatable bonds is 0. The van der Waals surface area contributed by atoms with Crippen molar-refractivity contribution in [3.8, 4) is 0 Å². The molecule has 11 heavy (non-hydrogen) atoms. The topological polar surface area (TPSA) is 0 Å². The van der Waals surface area contributed by atoms with Gasteiger partial charge in [-0.05, 0) is 42.9 Å². The van der Waals surface area contributed by atoms with Crippen molar-refractivity contribution in [3.05, 3.63) is 12.2 Å². The third-order valence-electron chi connectivity index (χ3n) is 4.15. The predicted octanol–water partition coefficient (Wildman–Crippen LogP) is 1.37. The third-order valence-corrected chi connectivity index (χ3v) is 5.09. The number of fused-ring (bicyclic) bond motifs is 5. The van der Waals surface area contributed by atoms with Crippen LogP contribution in [0.2, 0.25) is 5.54 Å². The van der Waals surface area contributed by atoms with Crippen molar-refractivity contribution in [3.63, 3.8) is 0 Å². The molecular formula is C10H16Si. The second kappa shape index (κ2) is 2.01. The number of allylic oxidation sites excluding steroid dienone is 2. The van der Waals surface area contributed by atoms with Crippen molar-refractivity contribution in [2.45, 2.75) is 24.8 Å². The second-order valence-corrected chi connectivity index (χ2v) is 6.49. The molecule has 0 amide bonds. The molecule has 4 unspecified atom stereocenters. The summed E-state index contributed by atoms with van der Waals surface area (Å²) in [7, 11) is 1.45. The van der Waals surface area contributed by atoms with E-state index in [9.17, 15) is 0 Å². The minimum atomic E-state index is 1.02. The minimum Gasteiger partial charge on any atom is -0.0848 e. The molecule has 0 N–H and O–H groups in total. The van der Waals surface area contributed by atoms with Crippen molar-refractivity contribution in [2.24, 2.45) is 23.7 Å². The quantitative estimate of drug-likeness (QED) is 0.375. The van der Waals surface area contributed by atoms with Crippen LogP contribution in [0.5, 0.6) is 0 Å². The van der Waals surface area contributed by atoms with E-state index in [0.29, 0.717) is 0 Å². The summed E-state index contributed by atoms with van der Waals surface area (Å²) in [6.45, 7) is 0. The minimum absolute atomic E-state index is 1.02. The van der Waals surface area contributed by atoms with Gasteiger partial charge in [-0.15, -0.1) is 0 Å². The summed E-state index contributed by atoms with van der Waals surface area (Å²) in [4.78, 5) is 0. The fourth-order valence-electron chi connectivity index (χ4n) is 3.75. The summed E-state index contributed by atoms with van der Waals surface area (Å²) >= 11 is 0. The summed E-state index contributed by atoms with van der Waals surface area (Å²) in [5.74, 6) is 4.30. The van der Waals surface area contributed by atoms with E-state index in [0.717, 1.165) is 29.2 Å². The van der Waals surface area contributed by atoms with Crippen LogP contribution in [0.4, 0.5) is 0 Å². The summed E-state index contributed by atoms with van der Waals surface area (Å²) in [6, 6.07) is 0. The molecule has 0 nitrogen and oxygen atoms in total. The summed E-state index contributed by atoms with van der Waals surface area (Å²) < 4.78 is 0. The van der Waals surface area contributed by atoms with E-state index < -0.39 is 0 Å². The maximum atomic E-state index is 2.51. The van der Waals surface area contributed by atoms with E-state index in [4.69, 9.17) is 0 Å². The van der Waals surface area contributed by atoms with E-state index in [-0.39, 0.29) is 0 Å². The van der Waals surface area contributed by atoms with Crippen LogP contribution in [-0.2, 0) is 0 Å². The first-order valence-electron chi connectivity index (χ1n) is 5.03. The summed E-state index contributed by atoms with van der Waals surface area (Å²) in [5, 5.41) is 0. The molecule has 0 saturated heterocycles. The maximum absolute atomic E-state index is 2.51. The first kappa shape index (κ1) is 6.47. The Kier molecular flexibility index (Phi) is 1.18. The van der Waals surface area contributed by atoms with Crippen molar-refractivity contribution in [1.29, 1.82) is 0 Å². The van der Waals surface area contributed by atoms with Crippen molar-refractivity contribution < 1.29 is 0 Å². The van der Waals surface area contributed by atoms with E-state index in [1.165, 1.54) is 16.7 Å².